The number of rotatable bonds is 4. The van der Waals surface area contributed by atoms with E-state index in [0.717, 1.165) is 31.2 Å². The van der Waals surface area contributed by atoms with E-state index in [1.165, 1.54) is 25.9 Å². The monoisotopic (exact) mass is 527 g/mol. The Bertz CT molecular complexity index is 1060. The number of hydrogen-bond donors (Lipinski definition) is 0. The standard InChI is InChI=1S/C25H23ClIN3/c1-18-2-8-21(9-3-18)25-17-29(16-20-6-4-19(15-28)5-7-20)12-13-30(25)24-11-10-22(26)14-23(24)27/h2-11,14,25H,12-13,16-17H2,1H3. The quantitative estimate of drug-likeness (QED) is 0.379. The Labute approximate surface area is 197 Å². The highest BCUT2D eigenvalue weighted by Crippen LogP contribution is 2.35. The fraction of sp³-hybridized carbons (Fsp3) is 0.240. The van der Waals surface area contributed by atoms with Gasteiger partial charge in [0.1, 0.15) is 0 Å². The number of aryl methyl sites for hydroxylation is 1. The van der Waals surface area contributed by atoms with E-state index in [1.54, 1.807) is 0 Å². The first-order valence-electron chi connectivity index (χ1n) is 10.0. The van der Waals surface area contributed by atoms with Gasteiger partial charge in [-0.3, -0.25) is 4.90 Å². The molecule has 0 aromatic heterocycles. The number of halogens is 2. The summed E-state index contributed by atoms with van der Waals surface area (Å²) in [6.45, 7) is 5.90. The number of piperazine rings is 1. The van der Waals surface area contributed by atoms with Gasteiger partial charge in [0.05, 0.1) is 23.4 Å². The fourth-order valence-electron chi connectivity index (χ4n) is 4.00. The molecule has 0 aliphatic carbocycles. The number of nitriles is 1. The first-order valence-corrected chi connectivity index (χ1v) is 11.5. The summed E-state index contributed by atoms with van der Waals surface area (Å²) in [6, 6.07) is 25.4. The van der Waals surface area contributed by atoms with Gasteiger partial charge in [-0.2, -0.15) is 5.26 Å². The van der Waals surface area contributed by atoms with Crippen molar-refractivity contribution >= 4 is 39.9 Å². The predicted octanol–water partition coefficient (Wildman–Crippen LogP) is 6.19. The van der Waals surface area contributed by atoms with Crippen LogP contribution in [-0.2, 0) is 6.54 Å². The number of anilines is 1. The molecule has 0 bridgehead atoms. The molecule has 1 aliphatic rings. The Morgan fingerprint density at radius 1 is 1.03 bits per heavy atom. The minimum Gasteiger partial charge on any atom is -0.361 e. The predicted molar refractivity (Wildman–Crippen MR) is 132 cm³/mol. The molecule has 1 fully saturated rings. The molecule has 4 rings (SSSR count). The summed E-state index contributed by atoms with van der Waals surface area (Å²) in [7, 11) is 0. The molecule has 1 saturated heterocycles. The van der Waals surface area contributed by atoms with Crippen LogP contribution in [0.3, 0.4) is 0 Å². The first-order chi connectivity index (χ1) is 14.5. The van der Waals surface area contributed by atoms with Gasteiger partial charge < -0.3 is 4.90 Å². The SMILES string of the molecule is Cc1ccc(C2CN(Cc3ccc(C#N)cc3)CCN2c2ccc(Cl)cc2I)cc1. The van der Waals surface area contributed by atoms with Gasteiger partial charge in [0.25, 0.3) is 0 Å². The zero-order valence-electron chi connectivity index (χ0n) is 16.9. The molecule has 1 heterocycles. The van der Waals surface area contributed by atoms with E-state index in [9.17, 15) is 0 Å². The zero-order chi connectivity index (χ0) is 21.1. The minimum absolute atomic E-state index is 0.271. The highest BCUT2D eigenvalue weighted by atomic mass is 127. The Morgan fingerprint density at radius 3 is 2.43 bits per heavy atom. The zero-order valence-corrected chi connectivity index (χ0v) is 19.8. The van der Waals surface area contributed by atoms with Crippen molar-refractivity contribution < 1.29 is 0 Å². The van der Waals surface area contributed by atoms with Gasteiger partial charge in [0.2, 0.25) is 0 Å². The Balaban J connectivity index is 1.60. The second-order valence-corrected chi connectivity index (χ2v) is 9.36. The smallest absolute Gasteiger partial charge is 0.0991 e. The van der Waals surface area contributed by atoms with Crippen LogP contribution in [0.5, 0.6) is 0 Å². The summed E-state index contributed by atoms with van der Waals surface area (Å²) in [6.07, 6.45) is 0. The molecule has 0 radical (unpaired) electrons. The van der Waals surface area contributed by atoms with Gasteiger partial charge in [0, 0.05) is 34.8 Å². The van der Waals surface area contributed by atoms with Crippen LogP contribution in [0.15, 0.2) is 66.7 Å². The number of benzene rings is 3. The Kier molecular flexibility index (Phi) is 6.62. The lowest BCUT2D eigenvalue weighted by molar-refractivity contribution is 0.215. The van der Waals surface area contributed by atoms with Crippen molar-refractivity contribution in [2.75, 3.05) is 24.5 Å². The Morgan fingerprint density at radius 2 is 1.77 bits per heavy atom. The third-order valence-electron chi connectivity index (χ3n) is 5.63. The van der Waals surface area contributed by atoms with E-state index in [-0.39, 0.29) is 6.04 Å². The molecule has 1 atom stereocenters. The molecule has 3 nitrogen and oxygen atoms in total. The van der Waals surface area contributed by atoms with E-state index in [4.69, 9.17) is 16.9 Å². The molecule has 3 aromatic rings. The van der Waals surface area contributed by atoms with E-state index in [0.29, 0.717) is 5.56 Å². The summed E-state index contributed by atoms with van der Waals surface area (Å²) in [5.74, 6) is 0. The molecular formula is C25H23ClIN3. The third kappa shape index (κ3) is 4.80. The summed E-state index contributed by atoms with van der Waals surface area (Å²) >= 11 is 8.60. The van der Waals surface area contributed by atoms with Gasteiger partial charge in [-0.05, 0) is 71.0 Å². The van der Waals surface area contributed by atoms with Gasteiger partial charge in [-0.25, -0.2) is 0 Å². The van der Waals surface area contributed by atoms with Crippen molar-refractivity contribution in [3.05, 3.63) is 97.6 Å². The minimum atomic E-state index is 0.271. The van der Waals surface area contributed by atoms with E-state index >= 15 is 0 Å². The largest absolute Gasteiger partial charge is 0.361 e. The molecule has 0 amide bonds. The summed E-state index contributed by atoms with van der Waals surface area (Å²) in [5, 5.41) is 9.80. The molecule has 0 N–H and O–H groups in total. The van der Waals surface area contributed by atoms with Crippen molar-refractivity contribution in [2.24, 2.45) is 0 Å². The van der Waals surface area contributed by atoms with Crippen LogP contribution in [0, 0.1) is 21.8 Å². The van der Waals surface area contributed by atoms with Crippen LogP contribution in [0.25, 0.3) is 0 Å². The number of nitrogens with zero attached hydrogens (tertiary/aromatic N) is 3. The van der Waals surface area contributed by atoms with Crippen LogP contribution >= 0.6 is 34.2 Å². The summed E-state index contributed by atoms with van der Waals surface area (Å²) in [4.78, 5) is 5.02. The highest BCUT2D eigenvalue weighted by Gasteiger charge is 2.29. The molecule has 30 heavy (non-hydrogen) atoms. The van der Waals surface area contributed by atoms with Crippen LogP contribution in [0.1, 0.15) is 28.3 Å². The van der Waals surface area contributed by atoms with E-state index < -0.39 is 0 Å². The lowest BCUT2D eigenvalue weighted by Crippen LogP contribution is -2.48. The maximum atomic E-state index is 9.03. The average molecular weight is 528 g/mol. The van der Waals surface area contributed by atoms with Gasteiger partial charge in [-0.1, -0.05) is 53.6 Å². The second-order valence-electron chi connectivity index (χ2n) is 7.76. The molecule has 5 heteroatoms. The van der Waals surface area contributed by atoms with Crippen LogP contribution < -0.4 is 4.90 Å². The fourth-order valence-corrected chi connectivity index (χ4v) is 5.18. The molecule has 1 unspecified atom stereocenters. The maximum absolute atomic E-state index is 9.03. The second kappa shape index (κ2) is 9.38. The van der Waals surface area contributed by atoms with Crippen molar-refractivity contribution in [3.63, 3.8) is 0 Å². The van der Waals surface area contributed by atoms with Crippen molar-refractivity contribution in [2.45, 2.75) is 19.5 Å². The van der Waals surface area contributed by atoms with Crippen molar-refractivity contribution in [3.8, 4) is 6.07 Å². The molecule has 3 aromatic carbocycles. The first kappa shape index (κ1) is 21.2. The normalized spacial score (nSPS) is 17.0. The van der Waals surface area contributed by atoms with Crippen LogP contribution in [0.2, 0.25) is 5.02 Å². The van der Waals surface area contributed by atoms with Crippen molar-refractivity contribution in [1.82, 2.24) is 4.90 Å². The van der Waals surface area contributed by atoms with Crippen molar-refractivity contribution in [1.29, 1.82) is 5.26 Å². The van der Waals surface area contributed by atoms with Crippen LogP contribution in [-0.4, -0.2) is 24.5 Å². The molecule has 0 spiro atoms. The lowest BCUT2D eigenvalue weighted by atomic mass is 9.99. The lowest BCUT2D eigenvalue weighted by Gasteiger charge is -2.43. The molecular weight excluding hydrogens is 505 g/mol. The maximum Gasteiger partial charge on any atom is 0.0991 e. The topological polar surface area (TPSA) is 30.3 Å². The van der Waals surface area contributed by atoms with E-state index in [1.807, 2.05) is 24.3 Å². The summed E-state index contributed by atoms with van der Waals surface area (Å²) < 4.78 is 1.18. The van der Waals surface area contributed by atoms with Gasteiger partial charge in [-0.15, -0.1) is 0 Å². The summed E-state index contributed by atoms with van der Waals surface area (Å²) in [5.41, 5.74) is 5.79. The van der Waals surface area contributed by atoms with Gasteiger partial charge >= 0.3 is 0 Å². The molecule has 152 valence electrons. The Hall–Kier alpha value is -2.07. The molecule has 1 aliphatic heterocycles. The average Bonchev–Trinajstić information content (AvgIpc) is 2.75. The number of hydrogen-bond acceptors (Lipinski definition) is 3. The molecule has 0 saturated carbocycles. The highest BCUT2D eigenvalue weighted by molar-refractivity contribution is 14.1. The van der Waals surface area contributed by atoms with Gasteiger partial charge in [0.15, 0.2) is 0 Å². The van der Waals surface area contributed by atoms with E-state index in [2.05, 4.69) is 87.8 Å². The third-order valence-corrected chi connectivity index (χ3v) is 6.73. The van der Waals surface area contributed by atoms with Crippen LogP contribution in [0.4, 0.5) is 5.69 Å².